The summed E-state index contributed by atoms with van der Waals surface area (Å²) < 4.78 is 0.951. The number of aromatic nitrogens is 2. The fourth-order valence-electron chi connectivity index (χ4n) is 1.44. The van der Waals surface area contributed by atoms with Crippen LogP contribution in [0.3, 0.4) is 0 Å². The van der Waals surface area contributed by atoms with E-state index in [4.69, 9.17) is 0 Å². The van der Waals surface area contributed by atoms with Gasteiger partial charge in [-0.1, -0.05) is 15.9 Å². The van der Waals surface area contributed by atoms with Gasteiger partial charge in [-0.15, -0.1) is 0 Å². The maximum absolute atomic E-state index is 11.8. The fourth-order valence-corrected chi connectivity index (χ4v) is 1.71. The van der Waals surface area contributed by atoms with Crippen molar-refractivity contribution in [2.24, 2.45) is 0 Å². The van der Waals surface area contributed by atoms with E-state index in [9.17, 15) is 4.79 Å². The summed E-state index contributed by atoms with van der Waals surface area (Å²) in [4.78, 5) is 19.8. The van der Waals surface area contributed by atoms with E-state index in [1.165, 1.54) is 0 Å². The Kier molecular flexibility index (Phi) is 4.85. The SMILES string of the molecule is O=C(NCCNc1ncccn1)c1ccc(Br)cc1. The number of hydrogen-bond donors (Lipinski definition) is 2. The minimum absolute atomic E-state index is 0.0942. The highest BCUT2D eigenvalue weighted by atomic mass is 79.9. The molecule has 5 nitrogen and oxygen atoms in total. The average molecular weight is 321 g/mol. The summed E-state index contributed by atoms with van der Waals surface area (Å²) in [6.07, 6.45) is 3.32. The summed E-state index contributed by atoms with van der Waals surface area (Å²) in [5.74, 6) is 0.462. The number of hydrogen-bond acceptors (Lipinski definition) is 4. The van der Waals surface area contributed by atoms with E-state index in [1.807, 2.05) is 12.1 Å². The van der Waals surface area contributed by atoms with Crippen LogP contribution in [0.1, 0.15) is 10.4 Å². The third-order valence-electron chi connectivity index (χ3n) is 2.37. The van der Waals surface area contributed by atoms with E-state index < -0.39 is 0 Å². The minimum Gasteiger partial charge on any atom is -0.352 e. The zero-order valence-corrected chi connectivity index (χ0v) is 11.7. The van der Waals surface area contributed by atoms with Gasteiger partial charge in [0.25, 0.3) is 5.91 Å². The van der Waals surface area contributed by atoms with Crippen LogP contribution in [0.25, 0.3) is 0 Å². The number of benzene rings is 1. The highest BCUT2D eigenvalue weighted by Crippen LogP contribution is 2.10. The van der Waals surface area contributed by atoms with Crippen LogP contribution in [0.5, 0.6) is 0 Å². The maximum Gasteiger partial charge on any atom is 0.251 e. The number of anilines is 1. The zero-order valence-electron chi connectivity index (χ0n) is 10.1. The molecule has 2 N–H and O–H groups in total. The molecule has 0 bridgehead atoms. The van der Waals surface area contributed by atoms with Crippen molar-refractivity contribution in [2.75, 3.05) is 18.4 Å². The van der Waals surface area contributed by atoms with Crippen LogP contribution in [0.15, 0.2) is 47.2 Å². The van der Waals surface area contributed by atoms with Gasteiger partial charge < -0.3 is 10.6 Å². The molecule has 1 aromatic heterocycles. The molecular weight excluding hydrogens is 308 g/mol. The van der Waals surface area contributed by atoms with E-state index in [1.54, 1.807) is 30.6 Å². The molecule has 1 heterocycles. The van der Waals surface area contributed by atoms with Gasteiger partial charge in [-0.05, 0) is 30.3 Å². The van der Waals surface area contributed by atoms with Crippen molar-refractivity contribution in [3.05, 3.63) is 52.8 Å². The van der Waals surface area contributed by atoms with Gasteiger partial charge in [-0.2, -0.15) is 0 Å². The monoisotopic (exact) mass is 320 g/mol. The number of carbonyl (C=O) groups is 1. The van der Waals surface area contributed by atoms with Crippen LogP contribution in [0, 0.1) is 0 Å². The predicted molar refractivity (Wildman–Crippen MR) is 77.0 cm³/mol. The summed E-state index contributed by atoms with van der Waals surface area (Å²) in [7, 11) is 0. The van der Waals surface area contributed by atoms with Gasteiger partial charge in [0.05, 0.1) is 0 Å². The zero-order chi connectivity index (χ0) is 13.5. The molecule has 0 aliphatic carbocycles. The molecule has 0 radical (unpaired) electrons. The summed E-state index contributed by atoms with van der Waals surface area (Å²) in [6, 6.07) is 8.97. The summed E-state index contributed by atoms with van der Waals surface area (Å²) in [6.45, 7) is 1.08. The first-order valence-corrected chi connectivity index (χ1v) is 6.59. The second kappa shape index (κ2) is 6.84. The normalized spacial score (nSPS) is 9.95. The van der Waals surface area contributed by atoms with E-state index in [0.29, 0.717) is 24.6 Å². The third kappa shape index (κ3) is 4.33. The van der Waals surface area contributed by atoms with Crippen LogP contribution in [0.2, 0.25) is 0 Å². The van der Waals surface area contributed by atoms with Crippen molar-refractivity contribution in [3.8, 4) is 0 Å². The highest BCUT2D eigenvalue weighted by molar-refractivity contribution is 9.10. The Morgan fingerprint density at radius 3 is 2.47 bits per heavy atom. The lowest BCUT2D eigenvalue weighted by Crippen LogP contribution is -2.28. The molecule has 0 aliphatic heterocycles. The van der Waals surface area contributed by atoms with Gasteiger partial charge in [0.15, 0.2) is 0 Å². The third-order valence-corrected chi connectivity index (χ3v) is 2.89. The molecule has 0 aliphatic rings. The molecule has 2 rings (SSSR count). The van der Waals surface area contributed by atoms with Crippen LogP contribution < -0.4 is 10.6 Å². The van der Waals surface area contributed by atoms with Crippen LogP contribution in [-0.4, -0.2) is 29.0 Å². The van der Waals surface area contributed by atoms with Gasteiger partial charge in [0.2, 0.25) is 5.95 Å². The topological polar surface area (TPSA) is 66.9 Å². The first-order valence-electron chi connectivity index (χ1n) is 5.80. The molecule has 0 atom stereocenters. The Labute approximate surface area is 119 Å². The van der Waals surface area contributed by atoms with Gasteiger partial charge in [0, 0.05) is 35.5 Å². The molecule has 6 heteroatoms. The Morgan fingerprint density at radius 1 is 1.11 bits per heavy atom. The lowest BCUT2D eigenvalue weighted by Gasteiger charge is -2.06. The van der Waals surface area contributed by atoms with Crippen molar-refractivity contribution in [2.45, 2.75) is 0 Å². The largest absolute Gasteiger partial charge is 0.352 e. The molecule has 0 saturated heterocycles. The predicted octanol–water partition coefficient (Wildman–Crippen LogP) is 2.08. The molecule has 98 valence electrons. The van der Waals surface area contributed by atoms with E-state index >= 15 is 0 Å². The van der Waals surface area contributed by atoms with Gasteiger partial charge in [0.1, 0.15) is 0 Å². The number of nitrogens with zero attached hydrogens (tertiary/aromatic N) is 2. The minimum atomic E-state index is -0.0942. The summed E-state index contributed by atoms with van der Waals surface area (Å²) in [5.41, 5.74) is 0.638. The van der Waals surface area contributed by atoms with Crippen LogP contribution >= 0.6 is 15.9 Å². The number of nitrogens with one attached hydrogen (secondary N) is 2. The summed E-state index contributed by atoms with van der Waals surface area (Å²) in [5, 5.41) is 5.83. The van der Waals surface area contributed by atoms with Gasteiger partial charge >= 0.3 is 0 Å². The standard InChI is InChI=1S/C13H13BrN4O/c14-11-4-2-10(3-5-11)12(19)15-8-9-18-13-16-6-1-7-17-13/h1-7H,8-9H2,(H,15,19)(H,16,17,18). The number of rotatable bonds is 5. The molecule has 0 saturated carbocycles. The first kappa shape index (κ1) is 13.5. The van der Waals surface area contributed by atoms with E-state index in [0.717, 1.165) is 4.47 Å². The van der Waals surface area contributed by atoms with Crippen molar-refractivity contribution in [3.63, 3.8) is 0 Å². The Balaban J connectivity index is 1.74. The van der Waals surface area contributed by atoms with E-state index in [-0.39, 0.29) is 5.91 Å². The number of amides is 1. The van der Waals surface area contributed by atoms with E-state index in [2.05, 4.69) is 36.5 Å². The summed E-state index contributed by atoms with van der Waals surface area (Å²) >= 11 is 3.33. The quantitative estimate of drug-likeness (QED) is 0.828. The molecular formula is C13H13BrN4O. The van der Waals surface area contributed by atoms with Crippen molar-refractivity contribution in [1.82, 2.24) is 15.3 Å². The Morgan fingerprint density at radius 2 is 1.79 bits per heavy atom. The fraction of sp³-hybridized carbons (Fsp3) is 0.154. The molecule has 1 aromatic carbocycles. The Hall–Kier alpha value is -1.95. The molecule has 0 unspecified atom stereocenters. The van der Waals surface area contributed by atoms with Gasteiger partial charge in [-0.3, -0.25) is 4.79 Å². The molecule has 1 amide bonds. The lowest BCUT2D eigenvalue weighted by molar-refractivity contribution is 0.0955. The van der Waals surface area contributed by atoms with Crippen LogP contribution in [-0.2, 0) is 0 Å². The van der Waals surface area contributed by atoms with Crippen molar-refractivity contribution >= 4 is 27.8 Å². The van der Waals surface area contributed by atoms with Crippen molar-refractivity contribution < 1.29 is 4.79 Å². The molecule has 0 fully saturated rings. The molecule has 19 heavy (non-hydrogen) atoms. The van der Waals surface area contributed by atoms with Crippen molar-refractivity contribution in [1.29, 1.82) is 0 Å². The molecule has 2 aromatic rings. The Bertz CT molecular complexity index is 530. The number of halogens is 1. The number of carbonyl (C=O) groups excluding carboxylic acids is 1. The average Bonchev–Trinajstić information content (AvgIpc) is 2.45. The maximum atomic E-state index is 11.8. The second-order valence-electron chi connectivity index (χ2n) is 3.76. The van der Waals surface area contributed by atoms with Gasteiger partial charge in [-0.25, -0.2) is 9.97 Å². The first-order chi connectivity index (χ1) is 9.25. The van der Waals surface area contributed by atoms with Crippen LogP contribution in [0.4, 0.5) is 5.95 Å². The molecule has 0 spiro atoms. The lowest BCUT2D eigenvalue weighted by atomic mass is 10.2. The highest BCUT2D eigenvalue weighted by Gasteiger charge is 2.03. The second-order valence-corrected chi connectivity index (χ2v) is 4.68. The smallest absolute Gasteiger partial charge is 0.251 e.